The van der Waals surface area contributed by atoms with Crippen molar-refractivity contribution < 1.29 is 4.79 Å². The Kier molecular flexibility index (Phi) is 5.09. The van der Waals surface area contributed by atoms with Gasteiger partial charge in [0.25, 0.3) is 0 Å². The summed E-state index contributed by atoms with van der Waals surface area (Å²) in [5, 5.41) is 3.49. The van der Waals surface area contributed by atoms with Crippen molar-refractivity contribution in [3.05, 3.63) is 35.2 Å². The predicted molar refractivity (Wildman–Crippen MR) is 88.5 cm³/mol. The molecule has 0 aliphatic rings. The van der Waals surface area contributed by atoms with Crippen LogP contribution in [0.4, 0.5) is 5.13 Å². The van der Waals surface area contributed by atoms with Crippen LogP contribution in [0.25, 0.3) is 11.3 Å². The minimum atomic E-state index is -0.150. The van der Waals surface area contributed by atoms with Crippen LogP contribution in [0.1, 0.15) is 38.0 Å². The lowest BCUT2D eigenvalue weighted by Crippen LogP contribution is -2.23. The first kappa shape index (κ1) is 15.7. The lowest BCUT2D eigenvalue weighted by molar-refractivity contribution is -0.116. The van der Waals surface area contributed by atoms with Crippen molar-refractivity contribution in [3.63, 3.8) is 0 Å². The van der Waals surface area contributed by atoms with Crippen LogP contribution in [0.3, 0.4) is 0 Å². The van der Waals surface area contributed by atoms with Crippen molar-refractivity contribution in [2.24, 2.45) is 5.73 Å². The monoisotopic (exact) mass is 303 g/mol. The van der Waals surface area contributed by atoms with Crippen LogP contribution >= 0.6 is 11.3 Å². The van der Waals surface area contributed by atoms with Gasteiger partial charge in [-0.05, 0) is 12.8 Å². The molecule has 112 valence electrons. The third-order valence-electron chi connectivity index (χ3n) is 2.98. The number of rotatable bonds is 5. The van der Waals surface area contributed by atoms with E-state index in [2.05, 4.69) is 24.1 Å². The molecule has 0 radical (unpaired) electrons. The van der Waals surface area contributed by atoms with Gasteiger partial charge in [0, 0.05) is 22.9 Å². The molecule has 2 aromatic rings. The van der Waals surface area contributed by atoms with Gasteiger partial charge in [-0.1, -0.05) is 44.2 Å². The Morgan fingerprint density at radius 2 is 1.95 bits per heavy atom. The number of carbonyl (C=O) groups excluding carboxylic acids is 1. The summed E-state index contributed by atoms with van der Waals surface area (Å²) in [5.41, 5.74) is 7.67. The second-order valence-corrected chi connectivity index (χ2v) is 6.51. The number of anilines is 1. The van der Waals surface area contributed by atoms with Gasteiger partial charge in [0.2, 0.25) is 5.91 Å². The van der Waals surface area contributed by atoms with Gasteiger partial charge in [-0.2, -0.15) is 0 Å². The number of hydrogen-bond donors (Lipinski definition) is 2. The highest BCUT2D eigenvalue weighted by molar-refractivity contribution is 7.16. The Labute approximate surface area is 129 Å². The number of carbonyl (C=O) groups is 1. The molecule has 1 aromatic heterocycles. The molecule has 0 fully saturated rings. The third-order valence-corrected chi connectivity index (χ3v) is 4.25. The largest absolute Gasteiger partial charge is 0.327 e. The van der Waals surface area contributed by atoms with E-state index < -0.39 is 0 Å². The lowest BCUT2D eigenvalue weighted by atomic mass is 10.1. The molecule has 2 rings (SSSR count). The van der Waals surface area contributed by atoms with Crippen LogP contribution in [-0.4, -0.2) is 16.9 Å². The van der Waals surface area contributed by atoms with E-state index in [-0.39, 0.29) is 11.9 Å². The van der Waals surface area contributed by atoms with Crippen molar-refractivity contribution in [2.75, 3.05) is 5.32 Å². The molecular weight excluding hydrogens is 282 g/mol. The van der Waals surface area contributed by atoms with Crippen LogP contribution in [0.2, 0.25) is 0 Å². The molecule has 1 aromatic carbocycles. The SMILES string of the molecule is CC(N)CC(=O)Nc1nc(-c2ccccc2)c(C(C)C)s1. The summed E-state index contributed by atoms with van der Waals surface area (Å²) in [7, 11) is 0. The second kappa shape index (κ2) is 6.83. The maximum Gasteiger partial charge on any atom is 0.227 e. The highest BCUT2D eigenvalue weighted by Gasteiger charge is 2.17. The molecule has 1 atom stereocenters. The summed E-state index contributed by atoms with van der Waals surface area (Å²) in [6, 6.07) is 9.89. The number of nitrogens with zero attached hydrogens (tertiary/aromatic N) is 1. The van der Waals surface area contributed by atoms with Crippen LogP contribution < -0.4 is 11.1 Å². The van der Waals surface area contributed by atoms with Gasteiger partial charge in [0.15, 0.2) is 5.13 Å². The summed E-state index contributed by atoms with van der Waals surface area (Å²) >= 11 is 1.53. The number of aromatic nitrogens is 1. The molecule has 1 amide bonds. The Hall–Kier alpha value is -1.72. The van der Waals surface area contributed by atoms with E-state index in [9.17, 15) is 4.79 Å². The Morgan fingerprint density at radius 1 is 1.29 bits per heavy atom. The molecular formula is C16H21N3OS. The molecule has 1 heterocycles. The van der Waals surface area contributed by atoms with Crippen molar-refractivity contribution in [2.45, 2.75) is 39.2 Å². The first-order valence-electron chi connectivity index (χ1n) is 7.09. The quantitative estimate of drug-likeness (QED) is 0.886. The molecule has 0 aliphatic heterocycles. The zero-order chi connectivity index (χ0) is 15.4. The van der Waals surface area contributed by atoms with Crippen molar-refractivity contribution in [1.82, 2.24) is 4.98 Å². The summed E-state index contributed by atoms with van der Waals surface area (Å²) in [6.45, 7) is 6.08. The van der Waals surface area contributed by atoms with E-state index in [0.717, 1.165) is 11.3 Å². The van der Waals surface area contributed by atoms with E-state index in [1.165, 1.54) is 16.2 Å². The molecule has 0 aliphatic carbocycles. The first-order valence-corrected chi connectivity index (χ1v) is 7.90. The van der Waals surface area contributed by atoms with Crippen LogP contribution in [0.5, 0.6) is 0 Å². The Morgan fingerprint density at radius 3 is 2.52 bits per heavy atom. The Bertz CT molecular complexity index is 605. The maximum absolute atomic E-state index is 11.8. The number of hydrogen-bond acceptors (Lipinski definition) is 4. The van der Waals surface area contributed by atoms with Gasteiger partial charge in [0.05, 0.1) is 5.69 Å². The molecule has 21 heavy (non-hydrogen) atoms. The normalized spacial score (nSPS) is 12.4. The highest BCUT2D eigenvalue weighted by Crippen LogP contribution is 2.36. The van der Waals surface area contributed by atoms with Crippen LogP contribution in [-0.2, 0) is 4.79 Å². The molecule has 3 N–H and O–H groups in total. The molecule has 0 saturated carbocycles. The van der Waals surface area contributed by atoms with Crippen molar-refractivity contribution in [1.29, 1.82) is 0 Å². The van der Waals surface area contributed by atoms with E-state index in [1.54, 1.807) is 0 Å². The number of thiazole rings is 1. The molecule has 0 spiro atoms. The molecule has 0 saturated heterocycles. The van der Waals surface area contributed by atoms with Crippen LogP contribution in [0.15, 0.2) is 30.3 Å². The predicted octanol–water partition coefficient (Wildman–Crippen LogP) is 3.61. The number of benzene rings is 1. The molecule has 5 heteroatoms. The van der Waals surface area contributed by atoms with E-state index in [1.807, 2.05) is 37.3 Å². The van der Waals surface area contributed by atoms with Gasteiger partial charge >= 0.3 is 0 Å². The fourth-order valence-electron chi connectivity index (χ4n) is 2.04. The van der Waals surface area contributed by atoms with Crippen molar-refractivity contribution >= 4 is 22.4 Å². The maximum atomic E-state index is 11.8. The molecule has 1 unspecified atom stereocenters. The third kappa shape index (κ3) is 4.12. The van der Waals surface area contributed by atoms with Crippen molar-refractivity contribution in [3.8, 4) is 11.3 Å². The summed E-state index contributed by atoms with van der Waals surface area (Å²) < 4.78 is 0. The standard InChI is InChI=1S/C16H21N3OS/c1-10(2)15-14(12-7-5-4-6-8-12)19-16(21-15)18-13(20)9-11(3)17/h4-8,10-11H,9,17H2,1-3H3,(H,18,19,20). The average Bonchev–Trinajstić information content (AvgIpc) is 2.82. The molecule has 4 nitrogen and oxygen atoms in total. The van der Waals surface area contributed by atoms with E-state index in [0.29, 0.717) is 17.5 Å². The first-order chi connectivity index (χ1) is 9.97. The summed E-state index contributed by atoms with van der Waals surface area (Å²) in [6.07, 6.45) is 0.303. The van der Waals surface area contributed by atoms with Gasteiger partial charge in [0.1, 0.15) is 0 Å². The van der Waals surface area contributed by atoms with E-state index >= 15 is 0 Å². The fourth-order valence-corrected chi connectivity index (χ4v) is 3.05. The topological polar surface area (TPSA) is 68.0 Å². The minimum Gasteiger partial charge on any atom is -0.327 e. The fraction of sp³-hybridized carbons (Fsp3) is 0.375. The highest BCUT2D eigenvalue weighted by atomic mass is 32.1. The zero-order valence-electron chi connectivity index (χ0n) is 12.6. The summed E-state index contributed by atoms with van der Waals surface area (Å²) in [4.78, 5) is 17.6. The number of nitrogens with one attached hydrogen (secondary N) is 1. The average molecular weight is 303 g/mol. The molecule has 0 bridgehead atoms. The number of nitrogens with two attached hydrogens (primary N) is 1. The van der Waals surface area contributed by atoms with Gasteiger partial charge in [-0.25, -0.2) is 4.98 Å². The van der Waals surface area contributed by atoms with Gasteiger partial charge in [-0.3, -0.25) is 4.79 Å². The van der Waals surface area contributed by atoms with E-state index in [4.69, 9.17) is 5.73 Å². The van der Waals surface area contributed by atoms with Crippen LogP contribution in [0, 0.1) is 0 Å². The number of amides is 1. The Balaban J connectivity index is 2.28. The van der Waals surface area contributed by atoms with Gasteiger partial charge in [-0.15, -0.1) is 11.3 Å². The zero-order valence-corrected chi connectivity index (χ0v) is 13.4. The second-order valence-electron chi connectivity index (χ2n) is 5.48. The smallest absolute Gasteiger partial charge is 0.227 e. The minimum absolute atomic E-state index is 0.0892. The summed E-state index contributed by atoms with van der Waals surface area (Å²) in [5.74, 6) is 0.269. The van der Waals surface area contributed by atoms with Gasteiger partial charge < -0.3 is 11.1 Å². The lowest BCUT2D eigenvalue weighted by Gasteiger charge is -2.04.